The van der Waals surface area contributed by atoms with E-state index in [0.29, 0.717) is 6.04 Å². The zero-order chi connectivity index (χ0) is 14.0. The summed E-state index contributed by atoms with van der Waals surface area (Å²) in [5.41, 5.74) is 0.734. The Morgan fingerprint density at radius 3 is 2.47 bits per heavy atom. The minimum absolute atomic E-state index is 0.116. The molecule has 1 heterocycles. The number of piperidine rings is 1. The van der Waals surface area contributed by atoms with Crippen molar-refractivity contribution in [3.05, 3.63) is 32.7 Å². The molecule has 5 heteroatoms. The number of halogens is 2. The second kappa shape index (κ2) is 6.37. The third-order valence-corrected chi connectivity index (χ3v) is 4.83. The van der Waals surface area contributed by atoms with Crippen LogP contribution in [0.5, 0.6) is 0 Å². The molecule has 0 radical (unpaired) electrons. The van der Waals surface area contributed by atoms with Crippen LogP contribution in [0.2, 0.25) is 0 Å². The lowest BCUT2D eigenvalue weighted by atomic mass is 10.0. The number of hydrogen-bond acceptors (Lipinski definition) is 2. The average Bonchev–Trinajstić information content (AvgIpc) is 2.41. The molecule has 3 nitrogen and oxygen atoms in total. The minimum atomic E-state index is 0.116. The van der Waals surface area contributed by atoms with Crippen LogP contribution in [-0.2, 0) is 0 Å². The van der Waals surface area contributed by atoms with E-state index in [1.54, 1.807) is 0 Å². The van der Waals surface area contributed by atoms with E-state index in [4.69, 9.17) is 0 Å². The van der Waals surface area contributed by atoms with Crippen LogP contribution in [0.25, 0.3) is 0 Å². The van der Waals surface area contributed by atoms with Crippen LogP contribution in [0.3, 0.4) is 0 Å². The van der Waals surface area contributed by atoms with Gasteiger partial charge in [-0.3, -0.25) is 4.79 Å². The number of hydrogen-bond donors (Lipinski definition) is 0. The first-order valence-corrected chi connectivity index (χ1v) is 7.98. The normalized spacial score (nSPS) is 17.0. The maximum Gasteiger partial charge on any atom is 0.255 e. The van der Waals surface area contributed by atoms with E-state index in [1.165, 1.54) is 0 Å². The third-order valence-electron chi connectivity index (χ3n) is 3.64. The van der Waals surface area contributed by atoms with Gasteiger partial charge >= 0.3 is 0 Å². The zero-order valence-electron chi connectivity index (χ0n) is 11.2. The fourth-order valence-electron chi connectivity index (χ4n) is 2.42. The van der Waals surface area contributed by atoms with Gasteiger partial charge in [0.05, 0.1) is 5.56 Å². The van der Waals surface area contributed by atoms with Crippen molar-refractivity contribution in [2.45, 2.75) is 18.9 Å². The standard InChI is InChI=1S/C14H18Br2N2O/c1-17(2)11-5-7-18(8-6-11)14(19)12-9-10(15)3-4-13(12)16/h3-4,9,11H,5-8H2,1-2H3. The molecule has 1 aromatic carbocycles. The Hall–Kier alpha value is -0.390. The molecule has 19 heavy (non-hydrogen) atoms. The summed E-state index contributed by atoms with van der Waals surface area (Å²) in [5, 5.41) is 0. The lowest BCUT2D eigenvalue weighted by Crippen LogP contribution is -2.44. The molecule has 1 aromatic rings. The molecular weight excluding hydrogens is 372 g/mol. The van der Waals surface area contributed by atoms with Gasteiger partial charge in [0.25, 0.3) is 5.91 Å². The highest BCUT2D eigenvalue weighted by atomic mass is 79.9. The number of nitrogens with zero attached hydrogens (tertiary/aromatic N) is 2. The number of carbonyl (C=O) groups excluding carboxylic acids is 1. The molecule has 1 fully saturated rings. The lowest BCUT2D eigenvalue weighted by molar-refractivity contribution is 0.0662. The predicted octanol–water partition coefficient (Wildman–Crippen LogP) is 3.38. The molecule has 0 atom stereocenters. The van der Waals surface area contributed by atoms with Crippen molar-refractivity contribution in [1.29, 1.82) is 0 Å². The van der Waals surface area contributed by atoms with Crippen LogP contribution in [0.15, 0.2) is 27.1 Å². The van der Waals surface area contributed by atoms with Gasteiger partial charge in [0, 0.05) is 28.1 Å². The van der Waals surface area contributed by atoms with Gasteiger partial charge in [0.15, 0.2) is 0 Å². The SMILES string of the molecule is CN(C)C1CCN(C(=O)c2cc(Br)ccc2Br)CC1. The van der Waals surface area contributed by atoms with Gasteiger partial charge in [-0.05, 0) is 61.1 Å². The summed E-state index contributed by atoms with van der Waals surface area (Å²) in [5.74, 6) is 0.116. The maximum atomic E-state index is 12.5. The van der Waals surface area contributed by atoms with Gasteiger partial charge in [0.2, 0.25) is 0 Å². The first-order valence-electron chi connectivity index (χ1n) is 6.40. The van der Waals surface area contributed by atoms with Crippen molar-refractivity contribution in [1.82, 2.24) is 9.80 Å². The second-order valence-electron chi connectivity index (χ2n) is 5.11. The maximum absolute atomic E-state index is 12.5. The molecule has 1 saturated heterocycles. The van der Waals surface area contributed by atoms with Crippen LogP contribution in [-0.4, -0.2) is 48.9 Å². The zero-order valence-corrected chi connectivity index (χ0v) is 14.4. The van der Waals surface area contributed by atoms with Crippen LogP contribution >= 0.6 is 31.9 Å². The molecule has 0 aromatic heterocycles. The van der Waals surface area contributed by atoms with Gasteiger partial charge in [-0.25, -0.2) is 0 Å². The smallest absolute Gasteiger partial charge is 0.255 e. The van der Waals surface area contributed by atoms with E-state index in [2.05, 4.69) is 50.9 Å². The summed E-state index contributed by atoms with van der Waals surface area (Å²) >= 11 is 6.88. The van der Waals surface area contributed by atoms with Gasteiger partial charge < -0.3 is 9.80 Å². The van der Waals surface area contributed by atoms with E-state index >= 15 is 0 Å². The van der Waals surface area contributed by atoms with E-state index in [1.807, 2.05) is 23.1 Å². The molecule has 0 aliphatic carbocycles. The van der Waals surface area contributed by atoms with E-state index in [-0.39, 0.29) is 5.91 Å². The van der Waals surface area contributed by atoms with Gasteiger partial charge in [-0.2, -0.15) is 0 Å². The Balaban J connectivity index is 2.07. The Morgan fingerprint density at radius 1 is 1.26 bits per heavy atom. The van der Waals surface area contributed by atoms with Crippen LogP contribution in [0.1, 0.15) is 23.2 Å². The van der Waals surface area contributed by atoms with Crippen molar-refractivity contribution in [2.24, 2.45) is 0 Å². The number of amides is 1. The minimum Gasteiger partial charge on any atom is -0.338 e. The van der Waals surface area contributed by atoms with Crippen molar-refractivity contribution in [2.75, 3.05) is 27.2 Å². The lowest BCUT2D eigenvalue weighted by Gasteiger charge is -2.35. The van der Waals surface area contributed by atoms with Crippen molar-refractivity contribution in [3.8, 4) is 0 Å². The molecule has 104 valence electrons. The van der Waals surface area contributed by atoms with Gasteiger partial charge in [-0.15, -0.1) is 0 Å². The molecule has 0 bridgehead atoms. The molecule has 0 unspecified atom stereocenters. The summed E-state index contributed by atoms with van der Waals surface area (Å²) < 4.78 is 1.79. The topological polar surface area (TPSA) is 23.6 Å². The number of rotatable bonds is 2. The molecule has 0 saturated carbocycles. The van der Waals surface area contributed by atoms with Crippen molar-refractivity contribution in [3.63, 3.8) is 0 Å². The Bertz CT molecular complexity index is 469. The van der Waals surface area contributed by atoms with Gasteiger partial charge in [0.1, 0.15) is 0 Å². The highest BCUT2D eigenvalue weighted by Crippen LogP contribution is 2.24. The first-order chi connectivity index (χ1) is 8.99. The largest absolute Gasteiger partial charge is 0.338 e. The molecule has 1 amide bonds. The molecule has 0 N–H and O–H groups in total. The van der Waals surface area contributed by atoms with Gasteiger partial charge in [-0.1, -0.05) is 15.9 Å². The third kappa shape index (κ3) is 3.58. The first kappa shape index (κ1) is 15.0. The summed E-state index contributed by atoms with van der Waals surface area (Å²) in [6.07, 6.45) is 2.09. The highest BCUT2D eigenvalue weighted by molar-refractivity contribution is 9.11. The Labute approximate surface area is 131 Å². The fourth-order valence-corrected chi connectivity index (χ4v) is 3.19. The van der Waals surface area contributed by atoms with E-state index in [0.717, 1.165) is 40.4 Å². The molecule has 0 spiro atoms. The Kier molecular flexibility index (Phi) is 5.03. The number of carbonyl (C=O) groups is 1. The number of likely N-dealkylation sites (tertiary alicyclic amines) is 1. The van der Waals surface area contributed by atoms with E-state index < -0.39 is 0 Å². The Morgan fingerprint density at radius 2 is 1.89 bits per heavy atom. The summed E-state index contributed by atoms with van der Waals surface area (Å²) in [6.45, 7) is 1.67. The van der Waals surface area contributed by atoms with Crippen molar-refractivity contribution < 1.29 is 4.79 Å². The van der Waals surface area contributed by atoms with Crippen LogP contribution in [0.4, 0.5) is 0 Å². The van der Waals surface area contributed by atoms with Crippen molar-refractivity contribution >= 4 is 37.8 Å². The molecule has 1 aliphatic rings. The van der Waals surface area contributed by atoms with Crippen LogP contribution in [0, 0.1) is 0 Å². The monoisotopic (exact) mass is 388 g/mol. The summed E-state index contributed by atoms with van der Waals surface area (Å²) in [4.78, 5) is 16.7. The average molecular weight is 390 g/mol. The molecule has 2 rings (SSSR count). The quantitative estimate of drug-likeness (QED) is 0.774. The predicted molar refractivity (Wildman–Crippen MR) is 84.5 cm³/mol. The summed E-state index contributed by atoms with van der Waals surface area (Å²) in [6, 6.07) is 6.31. The second-order valence-corrected chi connectivity index (χ2v) is 6.88. The number of benzene rings is 1. The molecular formula is C14H18Br2N2O. The summed E-state index contributed by atoms with van der Waals surface area (Å²) in [7, 11) is 4.21. The fraction of sp³-hybridized carbons (Fsp3) is 0.500. The molecule has 1 aliphatic heterocycles. The van der Waals surface area contributed by atoms with Crippen LogP contribution < -0.4 is 0 Å². The highest BCUT2D eigenvalue weighted by Gasteiger charge is 2.25. The van der Waals surface area contributed by atoms with E-state index in [9.17, 15) is 4.79 Å².